The zero-order chi connectivity index (χ0) is 24.9. The van der Waals surface area contributed by atoms with Crippen LogP contribution in [0.25, 0.3) is 0 Å². The van der Waals surface area contributed by atoms with Crippen molar-refractivity contribution in [2.75, 3.05) is 27.4 Å². The Balaban J connectivity index is 0.000000371. The van der Waals surface area contributed by atoms with Crippen molar-refractivity contribution in [3.05, 3.63) is 95.1 Å². The Bertz CT molecular complexity index is 991. The molecule has 188 valence electrons. The number of hydrogen-bond donors (Lipinski definition) is 2. The molecule has 1 atom stereocenters. The Morgan fingerprint density at radius 2 is 1.40 bits per heavy atom. The molecule has 0 aromatic heterocycles. The molecule has 35 heavy (non-hydrogen) atoms. The van der Waals surface area contributed by atoms with Gasteiger partial charge in [0.25, 0.3) is 0 Å². The highest BCUT2D eigenvalue weighted by Gasteiger charge is 2.24. The molecule has 4 rings (SSSR count). The van der Waals surface area contributed by atoms with Gasteiger partial charge in [-0.05, 0) is 42.0 Å². The molecule has 1 unspecified atom stereocenters. The molecule has 6 heteroatoms. The van der Waals surface area contributed by atoms with E-state index >= 15 is 0 Å². The number of aliphatic hydroxyl groups excluding tert-OH is 1. The lowest BCUT2D eigenvalue weighted by Crippen LogP contribution is -2.30. The van der Waals surface area contributed by atoms with Gasteiger partial charge in [0.05, 0.1) is 25.4 Å². The molecular weight excluding hydrogens is 442 g/mol. The third-order valence-corrected chi connectivity index (χ3v) is 5.75. The lowest BCUT2D eigenvalue weighted by molar-refractivity contribution is 0.119. The van der Waals surface area contributed by atoms with Crippen molar-refractivity contribution in [1.82, 2.24) is 0 Å². The standard InChI is InChI=1S/C24H24O3.C5H13NO2/c25-22-13-7-12-21-20(22)14-15-23(26-16-18-8-3-1-4-9-18)24(21)27-17-19-10-5-2-6-11-19;1-7-3-5(6)4-8-2/h1-6,8-11,14-15,22,25H,7,12-13,16-17H2;5H,3-4,6H2,1-2H3. The summed E-state index contributed by atoms with van der Waals surface area (Å²) in [7, 11) is 3.24. The first-order chi connectivity index (χ1) is 17.1. The molecule has 0 heterocycles. The second-order valence-corrected chi connectivity index (χ2v) is 8.59. The molecule has 6 nitrogen and oxygen atoms in total. The predicted molar refractivity (Wildman–Crippen MR) is 138 cm³/mol. The van der Waals surface area contributed by atoms with E-state index in [1.807, 2.05) is 60.7 Å². The third-order valence-electron chi connectivity index (χ3n) is 5.75. The maximum Gasteiger partial charge on any atom is 0.165 e. The van der Waals surface area contributed by atoms with Crippen LogP contribution in [0.1, 0.15) is 41.2 Å². The molecule has 0 bridgehead atoms. The molecular formula is C29H37NO5. The number of methoxy groups -OCH3 is 2. The molecule has 0 saturated carbocycles. The Labute approximate surface area is 208 Å². The van der Waals surface area contributed by atoms with Crippen molar-refractivity contribution in [1.29, 1.82) is 0 Å². The maximum atomic E-state index is 10.4. The van der Waals surface area contributed by atoms with Crippen LogP contribution in [-0.4, -0.2) is 38.6 Å². The predicted octanol–water partition coefficient (Wildman–Crippen LogP) is 4.82. The summed E-state index contributed by atoms with van der Waals surface area (Å²) in [5.74, 6) is 1.51. The van der Waals surface area contributed by atoms with Crippen LogP contribution in [0.5, 0.6) is 11.5 Å². The van der Waals surface area contributed by atoms with E-state index in [4.69, 9.17) is 24.7 Å². The van der Waals surface area contributed by atoms with E-state index in [2.05, 4.69) is 12.1 Å². The first-order valence-electron chi connectivity index (χ1n) is 12.0. The average Bonchev–Trinajstić information content (AvgIpc) is 2.88. The minimum absolute atomic E-state index is 0.0185. The van der Waals surface area contributed by atoms with E-state index in [1.165, 1.54) is 0 Å². The summed E-state index contributed by atoms with van der Waals surface area (Å²) in [4.78, 5) is 0. The van der Waals surface area contributed by atoms with Gasteiger partial charge >= 0.3 is 0 Å². The van der Waals surface area contributed by atoms with Crippen LogP contribution in [-0.2, 0) is 29.1 Å². The lowest BCUT2D eigenvalue weighted by atomic mass is 9.88. The van der Waals surface area contributed by atoms with Crippen LogP contribution >= 0.6 is 0 Å². The van der Waals surface area contributed by atoms with Crippen molar-refractivity contribution >= 4 is 0 Å². The van der Waals surface area contributed by atoms with Crippen molar-refractivity contribution in [3.8, 4) is 11.5 Å². The summed E-state index contributed by atoms with van der Waals surface area (Å²) < 4.78 is 21.8. The Morgan fingerprint density at radius 3 is 1.97 bits per heavy atom. The zero-order valence-corrected chi connectivity index (χ0v) is 20.7. The molecule has 3 aromatic carbocycles. The Kier molecular flexibility index (Phi) is 11.1. The highest BCUT2D eigenvalue weighted by molar-refractivity contribution is 5.52. The minimum atomic E-state index is -0.420. The molecule has 1 aliphatic rings. The van der Waals surface area contributed by atoms with E-state index in [1.54, 1.807) is 14.2 Å². The molecule has 3 aromatic rings. The number of ether oxygens (including phenoxy) is 4. The number of aliphatic hydroxyl groups is 1. The molecule has 0 fully saturated rings. The number of nitrogens with two attached hydrogens (primary N) is 1. The molecule has 0 aliphatic heterocycles. The summed E-state index contributed by atoms with van der Waals surface area (Å²) in [5.41, 5.74) is 9.72. The van der Waals surface area contributed by atoms with Crippen molar-refractivity contribution in [3.63, 3.8) is 0 Å². The zero-order valence-electron chi connectivity index (χ0n) is 20.7. The fourth-order valence-electron chi connectivity index (χ4n) is 4.03. The van der Waals surface area contributed by atoms with E-state index in [0.717, 1.165) is 53.0 Å². The summed E-state index contributed by atoms with van der Waals surface area (Å²) >= 11 is 0. The van der Waals surface area contributed by atoms with Gasteiger partial charge in [-0.2, -0.15) is 0 Å². The second kappa shape index (κ2) is 14.5. The minimum Gasteiger partial charge on any atom is -0.485 e. The van der Waals surface area contributed by atoms with Gasteiger partial charge < -0.3 is 29.8 Å². The Hall–Kier alpha value is -2.90. The van der Waals surface area contributed by atoms with Gasteiger partial charge in [0, 0.05) is 19.8 Å². The van der Waals surface area contributed by atoms with Crippen molar-refractivity contribution in [2.24, 2.45) is 5.73 Å². The van der Waals surface area contributed by atoms with Crippen LogP contribution in [0.15, 0.2) is 72.8 Å². The van der Waals surface area contributed by atoms with E-state index in [-0.39, 0.29) is 6.04 Å². The molecule has 3 N–H and O–H groups in total. The van der Waals surface area contributed by atoms with Gasteiger partial charge in [0.2, 0.25) is 0 Å². The number of fused-ring (bicyclic) bond motifs is 1. The highest BCUT2D eigenvalue weighted by atomic mass is 16.5. The molecule has 1 aliphatic carbocycles. The van der Waals surface area contributed by atoms with Gasteiger partial charge in [-0.1, -0.05) is 66.7 Å². The first kappa shape index (κ1) is 26.7. The van der Waals surface area contributed by atoms with E-state index in [0.29, 0.717) is 26.4 Å². The largest absolute Gasteiger partial charge is 0.485 e. The van der Waals surface area contributed by atoms with Crippen LogP contribution in [0.4, 0.5) is 0 Å². The quantitative estimate of drug-likeness (QED) is 0.434. The molecule has 0 saturated heterocycles. The summed E-state index contributed by atoms with van der Waals surface area (Å²) in [6, 6.07) is 24.2. The van der Waals surface area contributed by atoms with E-state index in [9.17, 15) is 5.11 Å². The molecule has 0 radical (unpaired) electrons. The number of hydrogen-bond acceptors (Lipinski definition) is 6. The van der Waals surface area contributed by atoms with Gasteiger partial charge in [-0.25, -0.2) is 0 Å². The van der Waals surface area contributed by atoms with Crippen LogP contribution < -0.4 is 15.2 Å². The fraction of sp³-hybridized carbons (Fsp3) is 0.379. The van der Waals surface area contributed by atoms with Crippen molar-refractivity contribution in [2.45, 2.75) is 44.6 Å². The summed E-state index contributed by atoms with van der Waals surface area (Å²) in [6.07, 6.45) is 2.24. The molecule has 0 amide bonds. The monoisotopic (exact) mass is 479 g/mol. The maximum absolute atomic E-state index is 10.4. The Morgan fingerprint density at radius 1 is 0.829 bits per heavy atom. The molecule has 0 spiro atoms. The normalized spacial score (nSPS) is 14.6. The van der Waals surface area contributed by atoms with Gasteiger partial charge in [0.15, 0.2) is 11.5 Å². The summed E-state index contributed by atoms with van der Waals surface area (Å²) in [6.45, 7) is 2.10. The van der Waals surface area contributed by atoms with Crippen LogP contribution in [0.3, 0.4) is 0 Å². The average molecular weight is 480 g/mol. The van der Waals surface area contributed by atoms with Gasteiger partial charge in [-0.15, -0.1) is 0 Å². The van der Waals surface area contributed by atoms with Crippen molar-refractivity contribution < 1.29 is 24.1 Å². The smallest absolute Gasteiger partial charge is 0.165 e. The van der Waals surface area contributed by atoms with Gasteiger partial charge in [0.1, 0.15) is 13.2 Å². The van der Waals surface area contributed by atoms with Gasteiger partial charge in [-0.3, -0.25) is 0 Å². The lowest BCUT2D eigenvalue weighted by Gasteiger charge is -2.25. The third kappa shape index (κ3) is 8.37. The van der Waals surface area contributed by atoms with Crippen LogP contribution in [0.2, 0.25) is 0 Å². The SMILES string of the molecule is COCC(N)COC.OC1CCCc2c1ccc(OCc1ccccc1)c2OCc1ccccc1. The van der Waals surface area contributed by atoms with Crippen LogP contribution in [0, 0.1) is 0 Å². The number of rotatable bonds is 10. The topological polar surface area (TPSA) is 83.2 Å². The first-order valence-corrected chi connectivity index (χ1v) is 12.0. The fourth-order valence-corrected chi connectivity index (χ4v) is 4.03. The van der Waals surface area contributed by atoms with E-state index < -0.39 is 6.10 Å². The second-order valence-electron chi connectivity index (χ2n) is 8.59. The highest BCUT2D eigenvalue weighted by Crippen LogP contribution is 2.41. The number of benzene rings is 3. The summed E-state index contributed by atoms with van der Waals surface area (Å²) in [5, 5.41) is 10.4.